The van der Waals surface area contributed by atoms with Gasteiger partial charge in [0.1, 0.15) is 109 Å². The first kappa shape index (κ1) is 108. The van der Waals surface area contributed by atoms with Crippen molar-refractivity contribution in [3.05, 3.63) is 137 Å². The number of nitrogens with one attached hydrogen (secondary N) is 5. The SMILES string of the molecule is CN(C(=O)OC(C)(C)C)c1cc(Cl)nc2c(C(=O)CC3C[C@@H]3O[Si](C)(C)C(C)(C)C)cnn12.CN(C(=O)OC(C)(C)C)c1cc(Cl)nc2c(C(=O)O)cnn12.CN(C(=O)OC(C)(C)C)c1cc(Nc2cccnc2OC2CC2)nc2c(C(=O)NC3C[C@@H]3O[Si](C)(C)C(C)(C)C)cnn12.CNc1cc(Nc2cccnc2OC2CC2)nc2c(C(O)NC3C[C@@H]3O)cnn12.C[C@@H]1C[C@H]1N.Nc1cccnc1OC1CC1. The third-order valence-corrected chi connectivity index (χ3v) is 34.0. The summed E-state index contributed by atoms with van der Waals surface area (Å²) in [4.78, 5) is 110. The minimum absolute atomic E-state index is 0.0128. The first-order valence-corrected chi connectivity index (χ1v) is 54.4. The number of aromatic carboxylic acids is 1. The van der Waals surface area contributed by atoms with Crippen molar-refractivity contribution in [2.24, 2.45) is 17.6 Å². The molecule has 9 atom stereocenters. The first-order chi connectivity index (χ1) is 66.9. The highest BCUT2D eigenvalue weighted by molar-refractivity contribution is 6.74. The van der Waals surface area contributed by atoms with Crippen LogP contribution in [0.5, 0.6) is 17.6 Å². The highest BCUT2D eigenvalue weighted by Gasteiger charge is 2.50. The number of aliphatic hydroxyl groups excluding tert-OH is 2. The molecule has 4 unspecified atom stereocenters. The zero-order valence-corrected chi connectivity index (χ0v) is 89.1. The number of fused-ring (bicyclic) bond motifs is 4. The Morgan fingerprint density at radius 3 is 1.36 bits per heavy atom. The Balaban J connectivity index is 0.000000154. The van der Waals surface area contributed by atoms with Crippen molar-refractivity contribution < 1.29 is 81.4 Å². The van der Waals surface area contributed by atoms with Gasteiger partial charge in [-0.3, -0.25) is 29.6 Å². The van der Waals surface area contributed by atoms with Crippen molar-refractivity contribution in [2.75, 3.05) is 64.6 Å². The summed E-state index contributed by atoms with van der Waals surface area (Å²) in [6.07, 6.45) is 18.7. The van der Waals surface area contributed by atoms with E-state index in [2.05, 4.69) is 152 Å². The quantitative estimate of drug-likeness (QED) is 0.00751. The zero-order chi connectivity index (χ0) is 104. The number of Topliss-reactive ketones (excluding diaryl/α,β-unsaturated/α-hetero) is 1. The number of nitrogens with two attached hydrogens (primary N) is 2. The van der Waals surface area contributed by atoms with Gasteiger partial charge >= 0.3 is 24.2 Å². The van der Waals surface area contributed by atoms with Crippen LogP contribution in [0.4, 0.5) is 66.4 Å². The molecular formula is C97H135Cl2N25O17Si2. The van der Waals surface area contributed by atoms with E-state index < -0.39 is 70.0 Å². The molecule has 0 aromatic carbocycles. The van der Waals surface area contributed by atoms with Crippen LogP contribution in [0.15, 0.2) is 104 Å². The van der Waals surface area contributed by atoms with Crippen molar-refractivity contribution >= 4 is 150 Å². The van der Waals surface area contributed by atoms with E-state index >= 15 is 0 Å². The first-order valence-electron chi connectivity index (χ1n) is 47.8. The summed E-state index contributed by atoms with van der Waals surface area (Å²) in [5.74, 6) is 3.68. The van der Waals surface area contributed by atoms with E-state index in [0.29, 0.717) is 106 Å². The molecule has 11 aromatic heterocycles. The number of carbonyl (C=O) groups is 6. The summed E-state index contributed by atoms with van der Waals surface area (Å²) in [6, 6.07) is 17.7. The van der Waals surface area contributed by atoms with E-state index in [1.54, 1.807) is 137 Å². The third-order valence-electron chi connectivity index (χ3n) is 24.6. The molecule has 12 N–H and O–H groups in total. The van der Waals surface area contributed by atoms with Crippen LogP contribution < -0.4 is 67.0 Å². The molecule has 0 aliphatic heterocycles. The smallest absolute Gasteiger partial charge is 0.415 e. The normalized spacial score (nSPS) is 19.2. The largest absolute Gasteiger partial charge is 0.477 e. The van der Waals surface area contributed by atoms with Gasteiger partial charge in [-0.1, -0.05) is 71.7 Å². The molecular weight excluding hydrogens is 1910 g/mol. The molecule has 42 nitrogen and oxygen atoms in total. The number of carboxylic acid groups (broad SMARTS) is 1. The summed E-state index contributed by atoms with van der Waals surface area (Å²) in [5.41, 5.74) is 13.1. The Bertz CT molecular complexity index is 6430. The minimum Gasteiger partial charge on any atom is -0.477 e. The van der Waals surface area contributed by atoms with E-state index in [4.69, 9.17) is 82.0 Å². The number of ketones is 1. The van der Waals surface area contributed by atoms with Crippen molar-refractivity contribution in [2.45, 2.75) is 295 Å². The van der Waals surface area contributed by atoms with Gasteiger partial charge in [0.25, 0.3) is 5.91 Å². The van der Waals surface area contributed by atoms with Gasteiger partial charge in [-0.2, -0.15) is 38.5 Å². The van der Waals surface area contributed by atoms with Gasteiger partial charge in [0.15, 0.2) is 45.0 Å². The Morgan fingerprint density at radius 1 is 0.531 bits per heavy atom. The second kappa shape index (κ2) is 43.3. The Labute approximate surface area is 842 Å². The fourth-order valence-electron chi connectivity index (χ4n) is 13.5. The molecule has 143 heavy (non-hydrogen) atoms. The predicted octanol–water partition coefficient (Wildman–Crippen LogP) is 16.6. The molecule has 7 fully saturated rings. The number of halogens is 2. The van der Waals surface area contributed by atoms with Gasteiger partial charge in [-0.25, -0.2) is 54.1 Å². The highest BCUT2D eigenvalue weighted by Crippen LogP contribution is 2.47. The molecule has 0 saturated heterocycles. The third kappa shape index (κ3) is 28.9. The van der Waals surface area contributed by atoms with Crippen LogP contribution in [0.25, 0.3) is 22.6 Å². The van der Waals surface area contributed by atoms with Crippen LogP contribution in [0.3, 0.4) is 0 Å². The monoisotopic (exact) mass is 2050 g/mol. The molecule has 0 bridgehead atoms. The Hall–Kier alpha value is -12.3. The molecule has 7 aliphatic carbocycles. The molecule has 0 radical (unpaired) electrons. The Morgan fingerprint density at radius 2 is 0.930 bits per heavy atom. The van der Waals surface area contributed by atoms with Crippen molar-refractivity contribution in [3.63, 3.8) is 0 Å². The summed E-state index contributed by atoms with van der Waals surface area (Å²) in [6.45, 7) is 40.3. The lowest BCUT2D eigenvalue weighted by Crippen LogP contribution is -2.42. The molecule has 18 rings (SSSR count). The summed E-state index contributed by atoms with van der Waals surface area (Å²) >= 11 is 12.2. The molecule has 4 amide bonds. The molecule has 7 saturated carbocycles. The summed E-state index contributed by atoms with van der Waals surface area (Å²) in [7, 11) is 2.58. The number of carbonyl (C=O) groups excluding carboxylic acids is 5. The number of nitrogen functional groups attached to an aromatic ring is 1. The van der Waals surface area contributed by atoms with Crippen molar-refractivity contribution in [3.8, 4) is 17.6 Å². The maximum absolute atomic E-state index is 13.5. The average Bonchev–Trinajstić information content (AvgIpc) is 1.65. The number of hydrogen-bond donors (Lipinski definition) is 10. The number of nitrogens with zero attached hydrogens (tertiary/aromatic N) is 18. The zero-order valence-electron chi connectivity index (χ0n) is 85.5. The lowest BCUT2D eigenvalue weighted by atomic mass is 10.1. The van der Waals surface area contributed by atoms with Crippen LogP contribution in [0.2, 0.25) is 46.6 Å². The van der Waals surface area contributed by atoms with E-state index in [-0.39, 0.29) is 103 Å². The number of anilines is 9. The van der Waals surface area contributed by atoms with E-state index in [0.717, 1.165) is 69.2 Å². The van der Waals surface area contributed by atoms with Gasteiger partial charge in [0.05, 0.1) is 59.9 Å². The molecule has 7 aliphatic rings. The lowest BCUT2D eigenvalue weighted by Gasteiger charge is -2.36. The summed E-state index contributed by atoms with van der Waals surface area (Å²) in [5, 5.41) is 62.3. The standard InChI is InChI=1S/C30H43N7O5Si.C23H35ClN4O4Si.C19H23N7O3.C13H15ClN4O4.C8H10N2O.C4H9N/c1-29(2,3)41-28(39)36(7)24-16-23(33-20-11-10-14-31-27(20)40-18-12-13-18)35-25-19(17-32-37(24)25)26(38)34-21-15-22(21)42-43(8,9)30(4,5)6;1-22(2,3)31-21(30)27(7)19-12-18(24)26-20-15(13-25-28(19)20)16(29)10-14-11-17(14)32-33(8,9)23(4,5)6;1-20-16-8-15(23-12-3-2-6-21-19(12)29-10-4-5-10)25-17-11(9-22-26(16)17)18(28)24-13-7-14(13)27;1-13(2,3)22-12(21)17(4)9-5-8(14)16-10-7(11(19)20)6-15-18(9)10;9-7-2-1-5-10-8(7)11-6-3-4-6;1-3-2-4(3)5/h10-11,14,16-18,21-22H,12-13,15H2,1-9H3,(H,33,35)(H,34,38);12-14,17H,10-11H2,1-9H3;2-3,6,8-10,13-14,18,20,24,27-28H,4-5,7H2,1H3,(H,23,25);5-6H,1-4H3,(H,19,20);1-2,5-6H,3-4,9H2;3-4H,2,5H2,1H3/t21?,22-;14?,17-;13?,14-,18?;;;3-,4-/m000..1/s1. The van der Waals surface area contributed by atoms with Crippen LogP contribution in [0, 0.1) is 11.8 Å². The number of amides is 4. The van der Waals surface area contributed by atoms with Crippen molar-refractivity contribution in [1.82, 2.24) is 84.0 Å². The number of aliphatic hydroxyl groups is 2. The maximum atomic E-state index is 13.5. The van der Waals surface area contributed by atoms with Crippen LogP contribution in [-0.4, -0.2) is 241 Å². The Kier molecular flexibility index (Phi) is 32.7. The number of hydrogen-bond acceptors (Lipinski definition) is 33. The fraction of sp³-hybridized carbons (Fsp3) is 0.536. The second-order valence-corrected chi connectivity index (χ2v) is 53.0. The van der Waals surface area contributed by atoms with Gasteiger partial charge in [-0.15, -0.1) is 0 Å². The van der Waals surface area contributed by atoms with Crippen LogP contribution in [0.1, 0.15) is 224 Å². The molecule has 11 heterocycles. The fourth-order valence-corrected chi connectivity index (χ4v) is 16.6. The van der Waals surface area contributed by atoms with E-state index in [1.807, 2.05) is 24.3 Å². The van der Waals surface area contributed by atoms with E-state index in [9.17, 15) is 39.0 Å². The molecule has 11 aromatic rings. The maximum Gasteiger partial charge on any atom is 0.415 e. The molecule has 772 valence electrons. The topological polar surface area (TPSA) is 518 Å². The summed E-state index contributed by atoms with van der Waals surface area (Å²) < 4.78 is 52.2. The predicted molar refractivity (Wildman–Crippen MR) is 548 cm³/mol. The van der Waals surface area contributed by atoms with Crippen LogP contribution in [-0.2, 0) is 23.1 Å². The van der Waals surface area contributed by atoms with Gasteiger partial charge in [0, 0.05) is 95.7 Å². The van der Waals surface area contributed by atoms with Gasteiger partial charge in [-0.05, 0) is 211 Å². The van der Waals surface area contributed by atoms with Crippen LogP contribution >= 0.6 is 23.2 Å². The number of pyridine rings is 3. The molecule has 0 spiro atoms. The number of ether oxygens (including phenoxy) is 6. The van der Waals surface area contributed by atoms with Crippen molar-refractivity contribution in [1.29, 1.82) is 0 Å². The van der Waals surface area contributed by atoms with E-state index in [1.165, 1.54) is 66.2 Å². The highest BCUT2D eigenvalue weighted by atomic mass is 35.5. The minimum atomic E-state index is -1.97. The van der Waals surface area contributed by atoms with Gasteiger partial charge < -0.3 is 85.3 Å². The average molecular weight is 2050 g/mol. The number of aromatic nitrogens is 15. The number of carboxylic acids is 1. The second-order valence-electron chi connectivity index (χ2n) is 42.7. The lowest BCUT2D eigenvalue weighted by molar-refractivity contribution is 0.0577. The molecule has 46 heteroatoms. The van der Waals surface area contributed by atoms with Gasteiger partial charge in [0.2, 0.25) is 17.6 Å². The number of rotatable bonds is 27.